The highest BCUT2D eigenvalue weighted by atomic mass is 79.9. The normalized spacial score (nSPS) is 12.2. The number of hydrogen-bond donors (Lipinski definition) is 0. The molecule has 0 spiro atoms. The Morgan fingerprint density at radius 2 is 1.85 bits per heavy atom. The lowest BCUT2D eigenvalue weighted by molar-refractivity contribution is 0.409. The smallest absolute Gasteiger partial charge is 0.122 e. The van der Waals surface area contributed by atoms with Crippen LogP contribution >= 0.6 is 27.5 Å². The first kappa shape index (κ1) is 15.4. The highest BCUT2D eigenvalue weighted by molar-refractivity contribution is 9.10. The topological polar surface area (TPSA) is 9.23 Å². The van der Waals surface area contributed by atoms with Gasteiger partial charge < -0.3 is 4.74 Å². The van der Waals surface area contributed by atoms with Crippen molar-refractivity contribution >= 4 is 27.5 Å². The minimum atomic E-state index is -0.0573. The number of para-hydroxylation sites is 1. The second kappa shape index (κ2) is 6.64. The highest BCUT2D eigenvalue weighted by Crippen LogP contribution is 2.33. The first-order valence-electron chi connectivity index (χ1n) is 6.55. The molecule has 0 radical (unpaired) electrons. The Bertz CT molecular complexity index is 610. The van der Waals surface area contributed by atoms with E-state index in [1.807, 2.05) is 18.2 Å². The summed E-state index contributed by atoms with van der Waals surface area (Å²) in [7, 11) is 1.69. The van der Waals surface area contributed by atoms with Crippen molar-refractivity contribution in [3.05, 3.63) is 63.1 Å². The first-order valence-corrected chi connectivity index (χ1v) is 7.78. The summed E-state index contributed by atoms with van der Waals surface area (Å²) < 4.78 is 6.51. The van der Waals surface area contributed by atoms with E-state index in [1.54, 1.807) is 7.11 Å². The van der Waals surface area contributed by atoms with E-state index in [1.165, 1.54) is 16.7 Å². The molecule has 0 aliphatic heterocycles. The molecule has 1 unspecified atom stereocenters. The van der Waals surface area contributed by atoms with Crippen LogP contribution in [0.25, 0.3) is 0 Å². The molecule has 0 fully saturated rings. The summed E-state index contributed by atoms with van der Waals surface area (Å²) in [5, 5.41) is -0.0573. The fourth-order valence-electron chi connectivity index (χ4n) is 2.32. The van der Waals surface area contributed by atoms with Gasteiger partial charge in [-0.1, -0.05) is 40.2 Å². The Balaban J connectivity index is 2.28. The van der Waals surface area contributed by atoms with E-state index in [0.717, 1.165) is 22.2 Å². The average Bonchev–Trinajstić information content (AvgIpc) is 2.43. The summed E-state index contributed by atoms with van der Waals surface area (Å²) in [4.78, 5) is 0. The van der Waals surface area contributed by atoms with Gasteiger partial charge in [-0.2, -0.15) is 0 Å². The van der Waals surface area contributed by atoms with Crippen molar-refractivity contribution < 1.29 is 4.74 Å². The molecule has 0 saturated carbocycles. The first-order chi connectivity index (χ1) is 9.52. The van der Waals surface area contributed by atoms with Crippen LogP contribution in [0.5, 0.6) is 5.75 Å². The summed E-state index contributed by atoms with van der Waals surface area (Å²) >= 11 is 10.2. The molecule has 0 amide bonds. The number of halogens is 2. The number of alkyl halides is 1. The second-order valence-corrected chi connectivity index (χ2v) is 6.32. The molecule has 0 aliphatic rings. The number of aryl methyl sites for hydroxylation is 2. The van der Waals surface area contributed by atoms with E-state index in [0.29, 0.717) is 0 Å². The predicted molar refractivity (Wildman–Crippen MR) is 88.9 cm³/mol. The van der Waals surface area contributed by atoms with Crippen molar-refractivity contribution in [1.82, 2.24) is 0 Å². The third-order valence-corrected chi connectivity index (χ3v) is 4.72. The SMILES string of the molecule is COc1ccccc1CC(Cl)c1cc(C)c(Br)cc1C. The molecule has 0 bridgehead atoms. The number of methoxy groups -OCH3 is 1. The van der Waals surface area contributed by atoms with Crippen molar-refractivity contribution in [3.8, 4) is 5.75 Å². The van der Waals surface area contributed by atoms with Crippen molar-refractivity contribution in [1.29, 1.82) is 0 Å². The molecule has 2 rings (SSSR count). The fraction of sp³-hybridized carbons (Fsp3) is 0.294. The zero-order valence-corrected chi connectivity index (χ0v) is 14.3. The minimum absolute atomic E-state index is 0.0573. The van der Waals surface area contributed by atoms with E-state index in [4.69, 9.17) is 16.3 Å². The average molecular weight is 354 g/mol. The summed E-state index contributed by atoms with van der Waals surface area (Å²) in [6.07, 6.45) is 0.757. The molecule has 0 heterocycles. The third-order valence-electron chi connectivity index (χ3n) is 3.48. The predicted octanol–water partition coefficient (Wildman–Crippen LogP) is 5.60. The molecule has 1 atom stereocenters. The maximum atomic E-state index is 6.63. The Kier molecular flexibility index (Phi) is 5.11. The van der Waals surface area contributed by atoms with Gasteiger partial charge in [-0.15, -0.1) is 11.6 Å². The van der Waals surface area contributed by atoms with Crippen LogP contribution in [0, 0.1) is 13.8 Å². The van der Waals surface area contributed by atoms with Gasteiger partial charge >= 0.3 is 0 Å². The van der Waals surface area contributed by atoms with Gasteiger partial charge in [-0.05, 0) is 54.7 Å². The number of ether oxygens (including phenoxy) is 1. The third kappa shape index (κ3) is 3.36. The van der Waals surface area contributed by atoms with E-state index >= 15 is 0 Å². The minimum Gasteiger partial charge on any atom is -0.496 e. The molecule has 1 nitrogen and oxygen atoms in total. The van der Waals surface area contributed by atoms with Crippen LogP contribution in [0.2, 0.25) is 0 Å². The lowest BCUT2D eigenvalue weighted by Crippen LogP contribution is -2.01. The maximum absolute atomic E-state index is 6.63. The molecule has 3 heteroatoms. The Labute approximate surface area is 134 Å². The quantitative estimate of drug-likeness (QED) is 0.650. The van der Waals surface area contributed by atoms with Crippen molar-refractivity contribution in [2.45, 2.75) is 25.6 Å². The van der Waals surface area contributed by atoms with Gasteiger partial charge in [0.1, 0.15) is 5.75 Å². The number of benzene rings is 2. The fourth-order valence-corrected chi connectivity index (χ4v) is 3.17. The summed E-state index contributed by atoms with van der Waals surface area (Å²) in [5.74, 6) is 0.893. The van der Waals surface area contributed by atoms with Gasteiger partial charge in [0.25, 0.3) is 0 Å². The van der Waals surface area contributed by atoms with Crippen LogP contribution in [0.1, 0.15) is 27.6 Å². The van der Waals surface area contributed by atoms with Gasteiger partial charge in [0.05, 0.1) is 12.5 Å². The van der Waals surface area contributed by atoms with Crippen LogP contribution in [-0.4, -0.2) is 7.11 Å². The van der Waals surface area contributed by atoms with Gasteiger partial charge in [0.15, 0.2) is 0 Å². The second-order valence-electron chi connectivity index (χ2n) is 4.94. The zero-order chi connectivity index (χ0) is 14.7. The molecular formula is C17H18BrClO. The standard InChI is InChI=1S/C17H18BrClO/c1-11-9-15(18)12(2)8-14(11)16(19)10-13-6-4-5-7-17(13)20-3/h4-9,16H,10H2,1-3H3. The Hall–Kier alpha value is -0.990. The van der Waals surface area contributed by atoms with Crippen LogP contribution in [0.4, 0.5) is 0 Å². The molecule has 2 aromatic rings. The molecular weight excluding hydrogens is 336 g/mol. The van der Waals surface area contributed by atoms with Gasteiger partial charge in [0, 0.05) is 4.47 Å². The van der Waals surface area contributed by atoms with Crippen LogP contribution in [0.15, 0.2) is 40.9 Å². The maximum Gasteiger partial charge on any atom is 0.122 e. The van der Waals surface area contributed by atoms with Crippen molar-refractivity contribution in [2.75, 3.05) is 7.11 Å². The monoisotopic (exact) mass is 352 g/mol. The zero-order valence-electron chi connectivity index (χ0n) is 11.9. The Morgan fingerprint density at radius 3 is 2.55 bits per heavy atom. The van der Waals surface area contributed by atoms with Crippen molar-refractivity contribution in [3.63, 3.8) is 0 Å². The molecule has 0 saturated heterocycles. The highest BCUT2D eigenvalue weighted by Gasteiger charge is 2.15. The van der Waals surface area contributed by atoms with Crippen LogP contribution < -0.4 is 4.74 Å². The Morgan fingerprint density at radius 1 is 1.15 bits per heavy atom. The molecule has 0 N–H and O–H groups in total. The van der Waals surface area contributed by atoms with Crippen LogP contribution in [0.3, 0.4) is 0 Å². The molecule has 0 aliphatic carbocycles. The number of hydrogen-bond acceptors (Lipinski definition) is 1. The lowest BCUT2D eigenvalue weighted by Gasteiger charge is -2.16. The van der Waals surface area contributed by atoms with E-state index in [-0.39, 0.29) is 5.38 Å². The molecule has 106 valence electrons. The van der Waals surface area contributed by atoms with E-state index in [9.17, 15) is 0 Å². The largest absolute Gasteiger partial charge is 0.496 e. The molecule has 2 aromatic carbocycles. The van der Waals surface area contributed by atoms with E-state index < -0.39 is 0 Å². The number of rotatable bonds is 4. The van der Waals surface area contributed by atoms with Gasteiger partial charge in [-0.25, -0.2) is 0 Å². The molecule has 0 aromatic heterocycles. The summed E-state index contributed by atoms with van der Waals surface area (Å²) in [6, 6.07) is 12.3. The lowest BCUT2D eigenvalue weighted by atomic mass is 9.98. The summed E-state index contributed by atoms with van der Waals surface area (Å²) in [6.45, 7) is 4.18. The van der Waals surface area contributed by atoms with E-state index in [2.05, 4.69) is 48.0 Å². The van der Waals surface area contributed by atoms with Crippen LogP contribution in [-0.2, 0) is 6.42 Å². The van der Waals surface area contributed by atoms with Crippen molar-refractivity contribution in [2.24, 2.45) is 0 Å². The molecule has 20 heavy (non-hydrogen) atoms. The van der Waals surface area contributed by atoms with Gasteiger partial charge in [0.2, 0.25) is 0 Å². The van der Waals surface area contributed by atoms with Gasteiger partial charge in [-0.3, -0.25) is 0 Å². The summed E-state index contributed by atoms with van der Waals surface area (Å²) in [5.41, 5.74) is 4.72.